The van der Waals surface area contributed by atoms with Crippen molar-refractivity contribution >= 4 is 17.6 Å². The molecule has 5 heteroatoms. The van der Waals surface area contributed by atoms with Crippen molar-refractivity contribution in [3.63, 3.8) is 0 Å². The number of methoxy groups -OCH3 is 2. The van der Waals surface area contributed by atoms with E-state index >= 15 is 0 Å². The van der Waals surface area contributed by atoms with Gasteiger partial charge in [0.15, 0.2) is 0 Å². The molecule has 4 nitrogen and oxygen atoms in total. The Morgan fingerprint density at radius 2 is 1.86 bits per heavy atom. The molecular formula is C16H21ClO4. The van der Waals surface area contributed by atoms with Crippen LogP contribution < -0.4 is 9.47 Å². The van der Waals surface area contributed by atoms with E-state index in [1.165, 1.54) is 7.11 Å². The predicted molar refractivity (Wildman–Crippen MR) is 81.7 cm³/mol. The van der Waals surface area contributed by atoms with Crippen molar-refractivity contribution in [3.8, 4) is 11.5 Å². The molecule has 1 saturated carbocycles. The number of benzene rings is 1. The second-order valence-electron chi connectivity index (χ2n) is 5.55. The van der Waals surface area contributed by atoms with Gasteiger partial charge in [0, 0.05) is 11.1 Å². The van der Waals surface area contributed by atoms with Gasteiger partial charge in [-0.05, 0) is 25.8 Å². The van der Waals surface area contributed by atoms with Crippen molar-refractivity contribution in [3.05, 3.63) is 22.2 Å². The summed E-state index contributed by atoms with van der Waals surface area (Å²) in [5, 5.41) is 10.3. The molecule has 1 fully saturated rings. The third-order valence-electron chi connectivity index (χ3n) is 4.47. The second-order valence-corrected chi connectivity index (χ2v) is 5.92. The molecule has 0 bridgehead atoms. The first-order chi connectivity index (χ1) is 9.97. The van der Waals surface area contributed by atoms with Gasteiger partial charge < -0.3 is 14.6 Å². The van der Waals surface area contributed by atoms with E-state index in [0.29, 0.717) is 34.9 Å². The molecule has 1 aliphatic carbocycles. The smallest absolute Gasteiger partial charge is 0.314 e. The van der Waals surface area contributed by atoms with Gasteiger partial charge in [-0.25, -0.2) is 0 Å². The van der Waals surface area contributed by atoms with Crippen molar-refractivity contribution < 1.29 is 19.4 Å². The minimum absolute atomic E-state index is 0.429. The number of ether oxygens (including phenoxy) is 2. The van der Waals surface area contributed by atoms with Gasteiger partial charge in [0.2, 0.25) is 0 Å². The fourth-order valence-electron chi connectivity index (χ4n) is 3.22. The van der Waals surface area contributed by atoms with Gasteiger partial charge in [-0.15, -0.1) is 0 Å². The van der Waals surface area contributed by atoms with Crippen LogP contribution in [0.2, 0.25) is 5.02 Å². The van der Waals surface area contributed by atoms with E-state index in [-0.39, 0.29) is 0 Å². The summed E-state index contributed by atoms with van der Waals surface area (Å²) in [6.45, 7) is 1.84. The average Bonchev–Trinajstić information content (AvgIpc) is 2.50. The third-order valence-corrected chi connectivity index (χ3v) is 4.93. The predicted octanol–water partition coefficient (Wildman–Crippen LogP) is 3.95. The van der Waals surface area contributed by atoms with E-state index in [4.69, 9.17) is 21.1 Å². The van der Waals surface area contributed by atoms with Gasteiger partial charge in [-0.2, -0.15) is 0 Å². The van der Waals surface area contributed by atoms with Crippen molar-refractivity contribution in [2.45, 2.75) is 44.4 Å². The highest BCUT2D eigenvalue weighted by Gasteiger charge is 2.44. The molecule has 1 aromatic rings. The van der Waals surface area contributed by atoms with E-state index in [9.17, 15) is 9.90 Å². The van der Waals surface area contributed by atoms with Crippen LogP contribution in [0.15, 0.2) is 6.07 Å². The SMILES string of the molecule is COc1cc(C2(C(=O)O)CCCCC2)c(OC)c(Cl)c1C. The zero-order valence-corrected chi connectivity index (χ0v) is 13.4. The maximum absolute atomic E-state index is 12.0. The number of aliphatic carboxylic acids is 1. The lowest BCUT2D eigenvalue weighted by Crippen LogP contribution is -2.38. The highest BCUT2D eigenvalue weighted by molar-refractivity contribution is 6.33. The molecule has 116 valence electrons. The largest absolute Gasteiger partial charge is 0.496 e. The molecule has 0 radical (unpaired) electrons. The Kier molecular flexibility index (Phi) is 4.67. The number of carboxylic acids is 1. The Hall–Kier alpha value is -1.42. The first-order valence-corrected chi connectivity index (χ1v) is 7.50. The van der Waals surface area contributed by atoms with Gasteiger partial charge in [0.1, 0.15) is 11.5 Å². The van der Waals surface area contributed by atoms with Gasteiger partial charge in [0.05, 0.1) is 24.7 Å². The highest BCUT2D eigenvalue weighted by Crippen LogP contribution is 2.48. The van der Waals surface area contributed by atoms with Gasteiger partial charge >= 0.3 is 5.97 Å². The number of halogens is 1. The molecule has 21 heavy (non-hydrogen) atoms. The molecule has 0 unspecified atom stereocenters. The number of hydrogen-bond donors (Lipinski definition) is 1. The summed E-state index contributed by atoms with van der Waals surface area (Å²) < 4.78 is 10.8. The lowest BCUT2D eigenvalue weighted by atomic mass is 9.69. The van der Waals surface area contributed by atoms with Gasteiger partial charge in [0.25, 0.3) is 0 Å². The summed E-state index contributed by atoms with van der Waals surface area (Å²) in [5.74, 6) is 0.240. The molecular weight excluding hydrogens is 292 g/mol. The van der Waals surface area contributed by atoms with Gasteiger partial charge in [-0.1, -0.05) is 30.9 Å². The molecule has 2 rings (SSSR count). The Balaban J connectivity index is 2.70. The van der Waals surface area contributed by atoms with E-state index in [1.54, 1.807) is 13.2 Å². The fraction of sp³-hybridized carbons (Fsp3) is 0.562. The molecule has 1 aromatic carbocycles. The summed E-state index contributed by atoms with van der Waals surface area (Å²) in [6, 6.07) is 1.78. The van der Waals surface area contributed by atoms with Crippen LogP contribution in [0.1, 0.15) is 43.2 Å². The Morgan fingerprint density at radius 3 is 2.33 bits per heavy atom. The Morgan fingerprint density at radius 1 is 1.24 bits per heavy atom. The quantitative estimate of drug-likeness (QED) is 0.914. The van der Waals surface area contributed by atoms with Crippen molar-refractivity contribution in [1.82, 2.24) is 0 Å². The maximum atomic E-state index is 12.0. The summed E-state index contributed by atoms with van der Waals surface area (Å²) in [5.41, 5.74) is 0.453. The van der Waals surface area contributed by atoms with Crippen LogP contribution in [0, 0.1) is 6.92 Å². The molecule has 1 aliphatic rings. The number of carbonyl (C=O) groups is 1. The van der Waals surface area contributed by atoms with Crippen LogP contribution in [0.25, 0.3) is 0 Å². The minimum atomic E-state index is -0.936. The van der Waals surface area contributed by atoms with Gasteiger partial charge in [-0.3, -0.25) is 4.79 Å². The maximum Gasteiger partial charge on any atom is 0.314 e. The van der Waals surface area contributed by atoms with E-state index in [2.05, 4.69) is 0 Å². The summed E-state index contributed by atoms with van der Waals surface area (Å²) >= 11 is 6.37. The second kappa shape index (κ2) is 6.14. The Labute approximate surface area is 130 Å². The van der Waals surface area contributed by atoms with Crippen LogP contribution in [0.3, 0.4) is 0 Å². The summed E-state index contributed by atoms with van der Waals surface area (Å²) in [4.78, 5) is 12.0. The molecule has 0 amide bonds. The molecule has 0 aliphatic heterocycles. The number of rotatable bonds is 4. The monoisotopic (exact) mass is 312 g/mol. The van der Waals surface area contributed by atoms with Crippen LogP contribution in [0.4, 0.5) is 0 Å². The third kappa shape index (κ3) is 2.57. The molecule has 0 atom stereocenters. The molecule has 0 aromatic heterocycles. The van der Waals surface area contributed by atoms with Crippen LogP contribution in [-0.4, -0.2) is 25.3 Å². The highest BCUT2D eigenvalue weighted by atomic mass is 35.5. The first-order valence-electron chi connectivity index (χ1n) is 7.13. The van der Waals surface area contributed by atoms with Crippen molar-refractivity contribution in [2.75, 3.05) is 14.2 Å². The molecule has 0 spiro atoms. The van der Waals surface area contributed by atoms with Crippen LogP contribution in [-0.2, 0) is 10.2 Å². The average molecular weight is 313 g/mol. The topological polar surface area (TPSA) is 55.8 Å². The van der Waals surface area contributed by atoms with E-state index in [1.807, 2.05) is 6.92 Å². The van der Waals surface area contributed by atoms with E-state index in [0.717, 1.165) is 24.8 Å². The zero-order chi connectivity index (χ0) is 15.6. The Bertz CT molecular complexity index is 548. The minimum Gasteiger partial charge on any atom is -0.496 e. The first kappa shape index (κ1) is 16.0. The lowest BCUT2D eigenvalue weighted by Gasteiger charge is -2.35. The molecule has 0 saturated heterocycles. The van der Waals surface area contributed by atoms with Crippen molar-refractivity contribution in [1.29, 1.82) is 0 Å². The van der Waals surface area contributed by atoms with Crippen LogP contribution in [0.5, 0.6) is 11.5 Å². The zero-order valence-electron chi connectivity index (χ0n) is 12.7. The standard InChI is InChI=1S/C16H21ClO4/c1-10-12(20-2)9-11(14(21-3)13(10)17)16(15(18)19)7-5-4-6-8-16/h9H,4-8H2,1-3H3,(H,18,19). The lowest BCUT2D eigenvalue weighted by molar-refractivity contribution is -0.145. The number of carboxylic acid groups (broad SMARTS) is 1. The molecule has 1 N–H and O–H groups in total. The van der Waals surface area contributed by atoms with Crippen molar-refractivity contribution in [2.24, 2.45) is 0 Å². The summed E-state index contributed by atoms with van der Waals surface area (Å²) in [7, 11) is 3.08. The normalized spacial score (nSPS) is 17.3. The number of hydrogen-bond acceptors (Lipinski definition) is 3. The van der Waals surface area contributed by atoms with Crippen LogP contribution >= 0.6 is 11.6 Å². The molecule has 0 heterocycles. The fourth-order valence-corrected chi connectivity index (χ4v) is 3.49. The summed E-state index contributed by atoms with van der Waals surface area (Å²) in [6.07, 6.45) is 4.04. The van der Waals surface area contributed by atoms with E-state index < -0.39 is 11.4 Å².